The maximum absolute atomic E-state index is 13.6. The van der Waals surface area contributed by atoms with Crippen LogP contribution in [0.25, 0.3) is 0 Å². The van der Waals surface area contributed by atoms with Gasteiger partial charge in [-0.3, -0.25) is 9.69 Å². The summed E-state index contributed by atoms with van der Waals surface area (Å²) in [5.41, 5.74) is 0. The predicted molar refractivity (Wildman–Crippen MR) is 112 cm³/mol. The molecular weight excluding hydrogens is 444 g/mol. The highest BCUT2D eigenvalue weighted by atomic mass is 32.2. The highest BCUT2D eigenvalue weighted by Crippen LogP contribution is 2.40. The second-order valence-corrected chi connectivity index (χ2v) is 11.0. The molecule has 1 aliphatic heterocycles. The molecule has 3 rings (SSSR count). The van der Waals surface area contributed by atoms with Crippen molar-refractivity contribution in [2.45, 2.75) is 50.1 Å². The first-order chi connectivity index (χ1) is 14.9. The summed E-state index contributed by atoms with van der Waals surface area (Å²) in [5.74, 6) is -2.37. The molecule has 2 amide bonds. The number of likely N-dealkylation sites (N-methyl/N-ethyl adjacent to an activating group) is 1. The molecule has 1 saturated carbocycles. The molecule has 32 heavy (non-hydrogen) atoms. The van der Waals surface area contributed by atoms with E-state index in [2.05, 4.69) is 5.32 Å². The Kier molecular flexibility index (Phi) is 7.09. The molecule has 11 heteroatoms. The van der Waals surface area contributed by atoms with Crippen LogP contribution < -0.4 is 5.32 Å². The number of carboxylic acid groups (broad SMARTS) is 1. The van der Waals surface area contributed by atoms with Gasteiger partial charge in [0.05, 0.1) is 4.90 Å². The molecular formula is C21H29F2N3O5S. The van der Waals surface area contributed by atoms with Crippen LogP contribution in [0.4, 0.5) is 13.6 Å². The summed E-state index contributed by atoms with van der Waals surface area (Å²) >= 11 is 0. The van der Waals surface area contributed by atoms with Crippen LogP contribution in [0.5, 0.6) is 0 Å². The summed E-state index contributed by atoms with van der Waals surface area (Å²) in [6, 6.07) is 1.07. The van der Waals surface area contributed by atoms with Crippen LogP contribution in [0.1, 0.15) is 33.1 Å². The van der Waals surface area contributed by atoms with Crippen molar-refractivity contribution in [3.05, 3.63) is 29.8 Å². The zero-order valence-electron chi connectivity index (χ0n) is 18.3. The molecule has 0 radical (unpaired) electrons. The van der Waals surface area contributed by atoms with Gasteiger partial charge in [-0.05, 0) is 49.1 Å². The highest BCUT2D eigenvalue weighted by molar-refractivity contribution is 7.89. The molecule has 1 heterocycles. The minimum Gasteiger partial charge on any atom is -0.465 e. The fraction of sp³-hybridized carbons (Fsp3) is 0.619. The van der Waals surface area contributed by atoms with Crippen LogP contribution in [0.3, 0.4) is 0 Å². The van der Waals surface area contributed by atoms with Crippen LogP contribution in [0.15, 0.2) is 23.1 Å². The van der Waals surface area contributed by atoms with E-state index in [0.717, 1.165) is 17.0 Å². The van der Waals surface area contributed by atoms with Crippen molar-refractivity contribution in [1.29, 1.82) is 0 Å². The lowest BCUT2D eigenvalue weighted by Gasteiger charge is -2.29. The van der Waals surface area contributed by atoms with E-state index in [9.17, 15) is 31.9 Å². The number of carbonyl (C=O) groups excluding carboxylic acids is 1. The van der Waals surface area contributed by atoms with Crippen LogP contribution >= 0.6 is 0 Å². The molecule has 1 saturated heterocycles. The summed E-state index contributed by atoms with van der Waals surface area (Å²) in [5, 5.41) is 12.3. The quantitative estimate of drug-likeness (QED) is 0.633. The Morgan fingerprint density at radius 3 is 2.38 bits per heavy atom. The van der Waals surface area contributed by atoms with Crippen molar-refractivity contribution in [2.24, 2.45) is 17.8 Å². The van der Waals surface area contributed by atoms with Crippen molar-refractivity contribution in [3.63, 3.8) is 0 Å². The summed E-state index contributed by atoms with van der Waals surface area (Å²) in [7, 11) is -2.72. The Hall–Kier alpha value is -2.27. The van der Waals surface area contributed by atoms with E-state index in [1.165, 1.54) is 11.4 Å². The number of fused-ring (bicyclic) bond motifs is 1. The average Bonchev–Trinajstić information content (AvgIpc) is 3.27. The number of sulfonamides is 1. The Balaban J connectivity index is 1.72. The van der Waals surface area contributed by atoms with Crippen LogP contribution in [-0.4, -0.2) is 67.0 Å². The fourth-order valence-corrected chi connectivity index (χ4v) is 6.30. The third-order valence-electron chi connectivity index (χ3n) is 6.39. The number of amides is 2. The third-order valence-corrected chi connectivity index (χ3v) is 8.20. The number of benzene rings is 1. The largest absolute Gasteiger partial charge is 0.465 e. The van der Waals surface area contributed by atoms with E-state index in [0.29, 0.717) is 25.3 Å². The van der Waals surface area contributed by atoms with Gasteiger partial charge in [0.15, 0.2) is 0 Å². The van der Waals surface area contributed by atoms with Gasteiger partial charge in [0, 0.05) is 32.2 Å². The Morgan fingerprint density at radius 2 is 1.81 bits per heavy atom. The number of nitrogens with zero attached hydrogens (tertiary/aromatic N) is 2. The summed E-state index contributed by atoms with van der Waals surface area (Å²) in [6.07, 6.45) is 0.522. The molecule has 1 aromatic rings. The molecule has 1 aliphatic carbocycles. The number of halogens is 2. The van der Waals surface area contributed by atoms with Crippen molar-refractivity contribution < 1.29 is 31.9 Å². The van der Waals surface area contributed by atoms with Gasteiger partial charge in [-0.2, -0.15) is 4.31 Å². The number of rotatable bonds is 7. The van der Waals surface area contributed by atoms with Crippen molar-refractivity contribution in [1.82, 2.24) is 14.5 Å². The molecule has 1 aromatic carbocycles. The minimum atomic E-state index is -4.08. The molecule has 0 unspecified atom stereocenters. The summed E-state index contributed by atoms with van der Waals surface area (Å²) in [6.45, 7) is 4.13. The van der Waals surface area contributed by atoms with Crippen LogP contribution in [0.2, 0.25) is 0 Å². The fourth-order valence-electron chi connectivity index (χ4n) is 4.73. The smallest absolute Gasteiger partial charge is 0.407 e. The Morgan fingerprint density at radius 1 is 1.19 bits per heavy atom. The number of carbonyl (C=O) groups is 2. The number of hydrogen-bond donors (Lipinski definition) is 2. The molecule has 4 atom stereocenters. The van der Waals surface area contributed by atoms with Gasteiger partial charge < -0.3 is 10.4 Å². The molecule has 8 nitrogen and oxygen atoms in total. The number of nitrogens with one attached hydrogen (secondary N) is 1. The monoisotopic (exact) mass is 473 g/mol. The lowest BCUT2D eigenvalue weighted by atomic mass is 9.96. The first-order valence-corrected chi connectivity index (χ1v) is 12.1. The summed E-state index contributed by atoms with van der Waals surface area (Å²) < 4.78 is 54.2. The maximum Gasteiger partial charge on any atom is 0.407 e. The van der Waals surface area contributed by atoms with Gasteiger partial charge in [-0.15, -0.1) is 0 Å². The van der Waals surface area contributed by atoms with Gasteiger partial charge in [-0.25, -0.2) is 22.0 Å². The average molecular weight is 474 g/mol. The lowest BCUT2D eigenvalue weighted by molar-refractivity contribution is -0.127. The predicted octanol–water partition coefficient (Wildman–Crippen LogP) is 2.50. The maximum atomic E-state index is 13.6. The van der Waals surface area contributed by atoms with Crippen molar-refractivity contribution in [2.75, 3.05) is 20.1 Å². The van der Waals surface area contributed by atoms with E-state index in [1.54, 1.807) is 0 Å². The topological polar surface area (TPSA) is 107 Å². The zero-order chi connectivity index (χ0) is 23.8. The van der Waals surface area contributed by atoms with Gasteiger partial charge >= 0.3 is 6.09 Å². The second-order valence-electron chi connectivity index (χ2n) is 9.08. The molecule has 2 N–H and O–H groups in total. The highest BCUT2D eigenvalue weighted by Gasteiger charge is 2.47. The zero-order valence-corrected chi connectivity index (χ0v) is 19.1. The summed E-state index contributed by atoms with van der Waals surface area (Å²) in [4.78, 5) is 24.9. The molecule has 2 aliphatic rings. The SMILES string of the molecule is CC(C)C[C@@H](C(=O)N[C@@H]1CC[C@H]2CN(S(=O)(=O)c3cc(F)cc(F)c3)C[C@H]21)N(C)C(=O)O. The van der Waals surface area contributed by atoms with Crippen molar-refractivity contribution >= 4 is 22.0 Å². The first kappa shape index (κ1) is 24.4. The van der Waals surface area contributed by atoms with Crippen molar-refractivity contribution in [3.8, 4) is 0 Å². The normalized spacial score (nSPS) is 24.4. The second kappa shape index (κ2) is 9.30. The Bertz CT molecular complexity index is 967. The molecule has 178 valence electrons. The number of hydrogen-bond acceptors (Lipinski definition) is 4. The van der Waals surface area contributed by atoms with Crippen LogP contribution in [0, 0.1) is 29.4 Å². The minimum absolute atomic E-state index is 0.00855. The van der Waals surface area contributed by atoms with E-state index in [1.807, 2.05) is 13.8 Å². The van der Waals surface area contributed by atoms with Gasteiger partial charge in [0.2, 0.25) is 15.9 Å². The van der Waals surface area contributed by atoms with E-state index < -0.39 is 44.6 Å². The van der Waals surface area contributed by atoms with Gasteiger partial charge in [0.25, 0.3) is 0 Å². The van der Waals surface area contributed by atoms with Gasteiger partial charge in [0.1, 0.15) is 17.7 Å². The van der Waals surface area contributed by atoms with E-state index in [4.69, 9.17) is 0 Å². The van der Waals surface area contributed by atoms with E-state index in [-0.39, 0.29) is 36.9 Å². The van der Waals surface area contributed by atoms with E-state index >= 15 is 0 Å². The lowest BCUT2D eigenvalue weighted by Crippen LogP contribution is -2.51. The Labute approximate surface area is 186 Å². The first-order valence-electron chi connectivity index (χ1n) is 10.6. The van der Waals surface area contributed by atoms with Gasteiger partial charge in [-0.1, -0.05) is 13.8 Å². The van der Waals surface area contributed by atoms with Crippen LogP contribution in [-0.2, 0) is 14.8 Å². The molecule has 0 bridgehead atoms. The molecule has 2 fully saturated rings. The standard InChI is InChI=1S/C21H29F2N3O5S/c1-12(2)6-19(25(3)21(28)29)20(27)24-18-5-4-13-10-26(11-17(13)18)32(30,31)16-8-14(22)7-15(23)9-16/h7-9,12-13,17-19H,4-6,10-11H2,1-3H3,(H,24,27)(H,28,29)/t13-,17+,18+,19-/m0/s1. The molecule has 0 spiro atoms. The molecule has 0 aromatic heterocycles. The third kappa shape index (κ3) is 5.03.